The molecule has 1 N–H and O–H groups in total. The molecule has 0 fully saturated rings. The predicted molar refractivity (Wildman–Crippen MR) is 141 cm³/mol. The van der Waals surface area contributed by atoms with Gasteiger partial charge in [0.25, 0.3) is 8.32 Å². The number of aromatic nitrogens is 3. The van der Waals surface area contributed by atoms with Crippen LogP contribution in [0, 0.1) is 0 Å². The highest BCUT2D eigenvalue weighted by atomic mass is 35.5. The molecule has 2 heterocycles. The van der Waals surface area contributed by atoms with Gasteiger partial charge in [0, 0.05) is 19.3 Å². The van der Waals surface area contributed by atoms with Crippen molar-refractivity contribution in [3.63, 3.8) is 0 Å². The molecule has 2 aromatic heterocycles. The molecule has 34 heavy (non-hydrogen) atoms. The zero-order valence-electron chi connectivity index (χ0n) is 20.0. The highest BCUT2D eigenvalue weighted by Gasteiger charge is 2.49. The SMILES string of the molecule is CC(C)(C)[Si](OCCCCn1c(CO)nc2cc(Cl)cnc21)(c1ccccc1)c1ccccc1. The Morgan fingerprint density at radius 3 is 2.15 bits per heavy atom. The molecule has 2 aromatic carbocycles. The highest BCUT2D eigenvalue weighted by Crippen LogP contribution is 2.36. The van der Waals surface area contributed by atoms with Gasteiger partial charge in [-0.1, -0.05) is 93.0 Å². The van der Waals surface area contributed by atoms with Crippen molar-refractivity contribution in [1.29, 1.82) is 0 Å². The van der Waals surface area contributed by atoms with E-state index >= 15 is 0 Å². The molecule has 0 saturated carbocycles. The predicted octanol–water partition coefficient (Wildman–Crippen LogP) is 4.93. The zero-order valence-corrected chi connectivity index (χ0v) is 21.8. The molecule has 0 unspecified atom stereocenters. The molecule has 178 valence electrons. The van der Waals surface area contributed by atoms with Gasteiger partial charge in [0.1, 0.15) is 17.9 Å². The van der Waals surface area contributed by atoms with Gasteiger partial charge in [-0.2, -0.15) is 0 Å². The van der Waals surface area contributed by atoms with Crippen LogP contribution in [-0.2, 0) is 17.6 Å². The number of aliphatic hydroxyl groups excluding tert-OH is 1. The molecule has 4 rings (SSSR count). The van der Waals surface area contributed by atoms with E-state index in [9.17, 15) is 5.11 Å². The minimum Gasteiger partial charge on any atom is -0.407 e. The van der Waals surface area contributed by atoms with Crippen molar-refractivity contribution in [2.45, 2.75) is 51.8 Å². The maximum atomic E-state index is 9.78. The third-order valence-electron chi connectivity index (χ3n) is 6.28. The van der Waals surface area contributed by atoms with Gasteiger partial charge in [-0.05, 0) is 34.3 Å². The molecule has 0 saturated heterocycles. The summed E-state index contributed by atoms with van der Waals surface area (Å²) in [5.41, 5.74) is 1.46. The molecule has 0 aliphatic heterocycles. The number of nitrogens with zero attached hydrogens (tertiary/aromatic N) is 3. The number of hydrogen-bond donors (Lipinski definition) is 1. The Labute approximate surface area is 207 Å². The Balaban J connectivity index is 1.53. The lowest BCUT2D eigenvalue weighted by atomic mass is 10.2. The van der Waals surface area contributed by atoms with Crippen LogP contribution in [0.3, 0.4) is 0 Å². The summed E-state index contributed by atoms with van der Waals surface area (Å²) in [6, 6.07) is 23.2. The van der Waals surface area contributed by atoms with Crippen LogP contribution in [0.25, 0.3) is 11.2 Å². The second-order valence-electron chi connectivity index (χ2n) is 9.55. The monoisotopic (exact) mass is 493 g/mol. The van der Waals surface area contributed by atoms with Gasteiger partial charge in [-0.25, -0.2) is 9.97 Å². The zero-order chi connectivity index (χ0) is 24.2. The first-order valence-electron chi connectivity index (χ1n) is 11.7. The Morgan fingerprint density at radius 1 is 0.971 bits per heavy atom. The van der Waals surface area contributed by atoms with Crippen LogP contribution < -0.4 is 10.4 Å². The van der Waals surface area contributed by atoms with Crippen molar-refractivity contribution in [3.8, 4) is 0 Å². The summed E-state index contributed by atoms with van der Waals surface area (Å²) < 4.78 is 8.96. The van der Waals surface area contributed by atoms with Gasteiger partial charge in [0.2, 0.25) is 0 Å². The molecule has 7 heteroatoms. The van der Waals surface area contributed by atoms with E-state index in [4.69, 9.17) is 16.0 Å². The maximum absolute atomic E-state index is 9.78. The lowest BCUT2D eigenvalue weighted by Crippen LogP contribution is -2.66. The van der Waals surface area contributed by atoms with E-state index < -0.39 is 8.32 Å². The topological polar surface area (TPSA) is 60.2 Å². The van der Waals surface area contributed by atoms with Crippen molar-refractivity contribution in [2.75, 3.05) is 6.61 Å². The average Bonchev–Trinajstić information content (AvgIpc) is 3.18. The molecule has 4 aromatic rings. The van der Waals surface area contributed by atoms with Crippen molar-refractivity contribution in [2.24, 2.45) is 0 Å². The van der Waals surface area contributed by atoms with E-state index in [1.165, 1.54) is 10.4 Å². The lowest BCUT2D eigenvalue weighted by Gasteiger charge is -2.43. The minimum atomic E-state index is -2.52. The number of hydrogen-bond acceptors (Lipinski definition) is 4. The van der Waals surface area contributed by atoms with E-state index in [0.29, 0.717) is 29.5 Å². The normalized spacial score (nSPS) is 12.4. The third-order valence-corrected chi connectivity index (χ3v) is 11.5. The van der Waals surface area contributed by atoms with Crippen LogP contribution in [0.1, 0.15) is 39.4 Å². The van der Waals surface area contributed by atoms with Crippen LogP contribution >= 0.6 is 11.6 Å². The molecule has 0 aliphatic rings. The number of rotatable bonds is 9. The Kier molecular flexibility index (Phi) is 7.53. The standard InChI is InChI=1S/C27H32ClN3O2Si/c1-27(2,3)34(22-12-6-4-7-13-22,23-14-8-5-9-15-23)33-17-11-10-16-31-25(20-32)30-24-18-21(28)19-29-26(24)31/h4-9,12-15,18-19,32H,10-11,16-17,20H2,1-3H3. The number of fused-ring (bicyclic) bond motifs is 1. The van der Waals surface area contributed by atoms with Gasteiger partial charge in [-0.3, -0.25) is 0 Å². The Hall–Kier alpha value is -2.51. The molecule has 0 radical (unpaired) electrons. The number of halogens is 1. The summed E-state index contributed by atoms with van der Waals surface area (Å²) in [4.78, 5) is 8.92. The average molecular weight is 494 g/mol. The maximum Gasteiger partial charge on any atom is 0.261 e. The van der Waals surface area contributed by atoms with Crippen LogP contribution in [0.5, 0.6) is 0 Å². The van der Waals surface area contributed by atoms with Crippen LogP contribution in [0.4, 0.5) is 0 Å². The van der Waals surface area contributed by atoms with E-state index in [1.54, 1.807) is 12.3 Å². The Morgan fingerprint density at radius 2 is 1.59 bits per heavy atom. The largest absolute Gasteiger partial charge is 0.407 e. The van der Waals surface area contributed by atoms with E-state index in [0.717, 1.165) is 18.5 Å². The van der Waals surface area contributed by atoms with Gasteiger partial charge in [0.05, 0.1) is 5.02 Å². The second-order valence-corrected chi connectivity index (χ2v) is 14.3. The Bertz CT molecular complexity index is 1180. The molecule has 0 spiro atoms. The minimum absolute atomic E-state index is 0.0382. The quantitative estimate of drug-likeness (QED) is 0.265. The number of aryl methyl sites for hydroxylation is 1. The molecule has 0 aliphatic carbocycles. The van der Waals surface area contributed by atoms with Gasteiger partial charge < -0.3 is 14.1 Å². The van der Waals surface area contributed by atoms with E-state index in [2.05, 4.69) is 91.4 Å². The fraction of sp³-hybridized carbons (Fsp3) is 0.333. The van der Waals surface area contributed by atoms with Gasteiger partial charge in [-0.15, -0.1) is 0 Å². The molecular formula is C27H32ClN3O2Si. The molecule has 0 amide bonds. The number of pyridine rings is 1. The smallest absolute Gasteiger partial charge is 0.261 e. The molecule has 5 nitrogen and oxygen atoms in total. The molecule has 0 bridgehead atoms. The molecule has 0 atom stereocenters. The number of aliphatic hydroxyl groups is 1. The summed E-state index contributed by atoms with van der Waals surface area (Å²) >= 11 is 6.06. The number of benzene rings is 2. The fourth-order valence-corrected chi connectivity index (χ4v) is 9.51. The highest BCUT2D eigenvalue weighted by molar-refractivity contribution is 6.99. The summed E-state index contributed by atoms with van der Waals surface area (Å²) in [7, 11) is -2.52. The molecular weight excluding hydrogens is 462 g/mol. The fourth-order valence-electron chi connectivity index (χ4n) is 4.75. The van der Waals surface area contributed by atoms with Crippen molar-refractivity contribution < 1.29 is 9.53 Å². The van der Waals surface area contributed by atoms with Crippen LogP contribution in [-0.4, -0.2) is 34.6 Å². The van der Waals surface area contributed by atoms with E-state index in [1.807, 2.05) is 4.57 Å². The summed E-state index contributed by atoms with van der Waals surface area (Å²) in [5, 5.41) is 12.9. The van der Waals surface area contributed by atoms with Gasteiger partial charge in [0.15, 0.2) is 5.65 Å². The third kappa shape index (κ3) is 4.82. The van der Waals surface area contributed by atoms with Gasteiger partial charge >= 0.3 is 0 Å². The van der Waals surface area contributed by atoms with Crippen molar-refractivity contribution in [3.05, 3.63) is 83.8 Å². The van der Waals surface area contributed by atoms with E-state index in [-0.39, 0.29) is 11.6 Å². The number of unbranched alkanes of at least 4 members (excludes halogenated alkanes) is 1. The van der Waals surface area contributed by atoms with Crippen molar-refractivity contribution in [1.82, 2.24) is 14.5 Å². The summed E-state index contributed by atoms with van der Waals surface area (Å²) in [6.07, 6.45) is 3.40. The first kappa shape index (κ1) is 24.6. The lowest BCUT2D eigenvalue weighted by molar-refractivity contribution is 0.262. The first-order chi connectivity index (χ1) is 16.4. The first-order valence-corrected chi connectivity index (χ1v) is 14.0. The van der Waals surface area contributed by atoms with Crippen molar-refractivity contribution >= 4 is 41.5 Å². The summed E-state index contributed by atoms with van der Waals surface area (Å²) in [5.74, 6) is 0.609. The van der Waals surface area contributed by atoms with Crippen LogP contribution in [0.15, 0.2) is 72.9 Å². The second kappa shape index (κ2) is 10.4. The summed E-state index contributed by atoms with van der Waals surface area (Å²) in [6.45, 7) is 8.12. The van der Waals surface area contributed by atoms with Crippen LogP contribution in [0.2, 0.25) is 10.1 Å². The number of imidazole rings is 1.